The largest absolute Gasteiger partial charge is 0.496 e. The van der Waals surface area contributed by atoms with Crippen molar-refractivity contribution in [1.29, 1.82) is 0 Å². The predicted octanol–water partition coefficient (Wildman–Crippen LogP) is 3.01. The molecule has 0 saturated carbocycles. The molecule has 108 valence electrons. The second kappa shape index (κ2) is 5.22. The highest BCUT2D eigenvalue weighted by atomic mass is 16.5. The van der Waals surface area contributed by atoms with Crippen LogP contribution in [0.3, 0.4) is 0 Å². The summed E-state index contributed by atoms with van der Waals surface area (Å²) in [7, 11) is 1.69. The highest BCUT2D eigenvalue weighted by molar-refractivity contribution is 5.59. The Morgan fingerprint density at radius 2 is 1.95 bits per heavy atom. The van der Waals surface area contributed by atoms with Gasteiger partial charge in [-0.05, 0) is 37.1 Å². The van der Waals surface area contributed by atoms with Crippen LogP contribution in [0.5, 0.6) is 5.75 Å². The third-order valence-electron chi connectivity index (χ3n) is 4.04. The highest BCUT2D eigenvalue weighted by Gasteiger charge is 2.19. The summed E-state index contributed by atoms with van der Waals surface area (Å²) in [5.41, 5.74) is 11.8. The van der Waals surface area contributed by atoms with Gasteiger partial charge in [-0.15, -0.1) is 0 Å². The molecule has 21 heavy (non-hydrogen) atoms. The van der Waals surface area contributed by atoms with Crippen molar-refractivity contribution in [1.82, 2.24) is 9.61 Å². The van der Waals surface area contributed by atoms with Gasteiger partial charge in [0, 0.05) is 17.3 Å². The first-order valence-corrected chi connectivity index (χ1v) is 6.95. The number of nitrogens with zero attached hydrogens (tertiary/aromatic N) is 2. The molecule has 0 amide bonds. The van der Waals surface area contributed by atoms with Gasteiger partial charge in [0.15, 0.2) is 0 Å². The zero-order chi connectivity index (χ0) is 15.0. The quantitative estimate of drug-likeness (QED) is 0.803. The lowest BCUT2D eigenvalue weighted by Gasteiger charge is -2.18. The number of hydrogen-bond acceptors (Lipinski definition) is 3. The van der Waals surface area contributed by atoms with E-state index in [9.17, 15) is 0 Å². The van der Waals surface area contributed by atoms with Crippen molar-refractivity contribution in [3.05, 3.63) is 65.0 Å². The summed E-state index contributed by atoms with van der Waals surface area (Å²) in [6.07, 6.45) is 3.75. The van der Waals surface area contributed by atoms with Crippen LogP contribution >= 0.6 is 0 Å². The summed E-state index contributed by atoms with van der Waals surface area (Å²) in [4.78, 5) is 0. The van der Waals surface area contributed by atoms with E-state index >= 15 is 0 Å². The van der Waals surface area contributed by atoms with Crippen molar-refractivity contribution in [3.63, 3.8) is 0 Å². The van der Waals surface area contributed by atoms with Gasteiger partial charge in [-0.2, -0.15) is 5.10 Å². The average molecular weight is 281 g/mol. The molecule has 0 radical (unpaired) electrons. The van der Waals surface area contributed by atoms with Gasteiger partial charge in [0.25, 0.3) is 0 Å². The molecule has 2 N–H and O–H groups in total. The zero-order valence-corrected chi connectivity index (χ0v) is 12.5. The van der Waals surface area contributed by atoms with Crippen LogP contribution in [-0.4, -0.2) is 16.7 Å². The Bertz CT molecular complexity index is 792. The molecule has 4 nitrogen and oxygen atoms in total. The fraction of sp³-hybridized carbons (Fsp3) is 0.235. The Labute approximate surface area is 124 Å². The number of methoxy groups -OCH3 is 1. The zero-order valence-electron chi connectivity index (χ0n) is 12.5. The molecule has 0 saturated heterocycles. The molecule has 1 aromatic carbocycles. The van der Waals surface area contributed by atoms with E-state index in [1.54, 1.807) is 7.11 Å². The summed E-state index contributed by atoms with van der Waals surface area (Å²) in [6.45, 7) is 4.13. The third kappa shape index (κ3) is 2.17. The summed E-state index contributed by atoms with van der Waals surface area (Å²) in [6, 6.07) is 9.82. The monoisotopic (exact) mass is 281 g/mol. The van der Waals surface area contributed by atoms with Crippen molar-refractivity contribution in [3.8, 4) is 5.75 Å². The van der Waals surface area contributed by atoms with E-state index in [1.165, 1.54) is 5.56 Å². The number of ether oxygens (including phenoxy) is 1. The van der Waals surface area contributed by atoms with Crippen molar-refractivity contribution < 1.29 is 4.74 Å². The molecular formula is C17H19N3O. The fourth-order valence-corrected chi connectivity index (χ4v) is 2.69. The van der Waals surface area contributed by atoms with Gasteiger partial charge >= 0.3 is 0 Å². The van der Waals surface area contributed by atoms with Crippen LogP contribution in [-0.2, 0) is 0 Å². The topological polar surface area (TPSA) is 52.5 Å². The van der Waals surface area contributed by atoms with Gasteiger partial charge in [-0.25, -0.2) is 4.52 Å². The van der Waals surface area contributed by atoms with E-state index in [-0.39, 0.29) is 6.04 Å². The molecule has 0 aliphatic heterocycles. The lowest BCUT2D eigenvalue weighted by molar-refractivity contribution is 0.404. The van der Waals surface area contributed by atoms with Gasteiger partial charge < -0.3 is 10.5 Å². The number of fused-ring (bicyclic) bond motifs is 1. The van der Waals surface area contributed by atoms with E-state index in [4.69, 9.17) is 10.5 Å². The van der Waals surface area contributed by atoms with Crippen LogP contribution in [0.1, 0.15) is 28.3 Å². The summed E-state index contributed by atoms with van der Waals surface area (Å²) >= 11 is 0. The van der Waals surface area contributed by atoms with Gasteiger partial charge in [0.1, 0.15) is 5.75 Å². The Morgan fingerprint density at radius 1 is 1.14 bits per heavy atom. The number of pyridine rings is 1. The van der Waals surface area contributed by atoms with E-state index in [0.717, 1.165) is 28.0 Å². The summed E-state index contributed by atoms with van der Waals surface area (Å²) in [5, 5.41) is 4.36. The number of hydrogen-bond donors (Lipinski definition) is 1. The first kappa shape index (κ1) is 13.6. The predicted molar refractivity (Wildman–Crippen MR) is 83.7 cm³/mol. The maximum Gasteiger partial charge on any atom is 0.127 e. The summed E-state index contributed by atoms with van der Waals surface area (Å²) < 4.78 is 7.42. The van der Waals surface area contributed by atoms with Crippen LogP contribution in [0, 0.1) is 13.8 Å². The maximum absolute atomic E-state index is 6.49. The van der Waals surface area contributed by atoms with E-state index in [0.29, 0.717) is 0 Å². The van der Waals surface area contributed by atoms with Crippen LogP contribution in [0.15, 0.2) is 42.7 Å². The van der Waals surface area contributed by atoms with Crippen LogP contribution in [0.4, 0.5) is 0 Å². The first-order valence-electron chi connectivity index (χ1n) is 6.95. The first-order chi connectivity index (χ1) is 10.1. The van der Waals surface area contributed by atoms with Gasteiger partial charge in [0.05, 0.1) is 24.9 Å². The molecule has 1 atom stereocenters. The molecule has 2 aromatic heterocycles. The van der Waals surface area contributed by atoms with Crippen LogP contribution < -0.4 is 10.5 Å². The van der Waals surface area contributed by atoms with Crippen molar-refractivity contribution in [2.24, 2.45) is 5.73 Å². The highest BCUT2D eigenvalue weighted by Crippen LogP contribution is 2.34. The second-order valence-electron chi connectivity index (χ2n) is 5.24. The number of nitrogens with two attached hydrogens (primary N) is 1. The Kier molecular flexibility index (Phi) is 3.39. The standard InChI is InChI=1S/C17H19N3O/c1-11-7-8-13(17(21-3)12(11)2)16(18)14-10-19-20-9-5-4-6-15(14)20/h4-10,16H,18H2,1-3H3. The lowest BCUT2D eigenvalue weighted by atomic mass is 9.95. The normalized spacial score (nSPS) is 12.6. The SMILES string of the molecule is COc1c(C(N)c2cnn3ccccc23)ccc(C)c1C. The number of aryl methyl sites for hydroxylation is 1. The van der Waals surface area contributed by atoms with E-state index in [1.807, 2.05) is 41.2 Å². The molecule has 4 heteroatoms. The van der Waals surface area contributed by atoms with E-state index < -0.39 is 0 Å². The Hall–Kier alpha value is -2.33. The molecule has 0 fully saturated rings. The number of benzene rings is 1. The number of rotatable bonds is 3. The Balaban J connectivity index is 2.14. The molecule has 3 aromatic rings. The van der Waals surface area contributed by atoms with Gasteiger partial charge in [-0.3, -0.25) is 0 Å². The van der Waals surface area contributed by atoms with Crippen LogP contribution in [0.25, 0.3) is 5.52 Å². The molecule has 0 aliphatic rings. The smallest absolute Gasteiger partial charge is 0.127 e. The van der Waals surface area contributed by atoms with Crippen LogP contribution in [0.2, 0.25) is 0 Å². The maximum atomic E-state index is 6.49. The lowest BCUT2D eigenvalue weighted by Crippen LogP contribution is -2.13. The number of aromatic nitrogens is 2. The minimum atomic E-state index is -0.265. The van der Waals surface area contributed by atoms with Gasteiger partial charge in [-0.1, -0.05) is 18.2 Å². The van der Waals surface area contributed by atoms with E-state index in [2.05, 4.69) is 25.0 Å². The van der Waals surface area contributed by atoms with Gasteiger partial charge in [0.2, 0.25) is 0 Å². The van der Waals surface area contributed by atoms with Crippen molar-refractivity contribution >= 4 is 5.52 Å². The minimum Gasteiger partial charge on any atom is -0.496 e. The average Bonchev–Trinajstić information content (AvgIpc) is 2.93. The third-order valence-corrected chi connectivity index (χ3v) is 4.04. The molecular weight excluding hydrogens is 262 g/mol. The minimum absolute atomic E-state index is 0.265. The molecule has 0 aliphatic carbocycles. The molecule has 0 spiro atoms. The van der Waals surface area contributed by atoms with Crippen molar-refractivity contribution in [2.45, 2.75) is 19.9 Å². The molecule has 3 rings (SSSR count). The Morgan fingerprint density at radius 3 is 2.71 bits per heavy atom. The fourth-order valence-electron chi connectivity index (χ4n) is 2.69. The molecule has 2 heterocycles. The van der Waals surface area contributed by atoms with Crippen molar-refractivity contribution in [2.75, 3.05) is 7.11 Å². The second-order valence-corrected chi connectivity index (χ2v) is 5.24. The summed E-state index contributed by atoms with van der Waals surface area (Å²) in [5.74, 6) is 0.859. The molecule has 0 bridgehead atoms. The molecule has 1 unspecified atom stereocenters.